The fourth-order valence-electron chi connectivity index (χ4n) is 3.37. The van der Waals surface area contributed by atoms with E-state index in [2.05, 4.69) is 15.3 Å². The molecule has 1 aliphatic carbocycles. The van der Waals surface area contributed by atoms with Gasteiger partial charge in [-0.3, -0.25) is 0 Å². The molecule has 0 radical (unpaired) electrons. The number of ether oxygens (including phenoxy) is 3. The number of hydrogen-bond donors (Lipinski definition) is 1. The lowest BCUT2D eigenvalue weighted by atomic mass is 9.92. The number of oxazole rings is 1. The van der Waals surface area contributed by atoms with Crippen molar-refractivity contribution in [2.45, 2.75) is 51.0 Å². The molecular weight excluding hydrogens is 374 g/mol. The van der Waals surface area contributed by atoms with Gasteiger partial charge in [-0.1, -0.05) is 0 Å². The van der Waals surface area contributed by atoms with Crippen molar-refractivity contribution >= 4 is 6.09 Å². The number of aromatic nitrogens is 2. The molecule has 3 heterocycles. The molecule has 2 aromatic rings. The number of nitrogens with one attached hydrogen (secondary N) is 1. The van der Waals surface area contributed by atoms with Crippen LogP contribution in [-0.2, 0) is 10.3 Å². The van der Waals surface area contributed by atoms with E-state index in [0.717, 1.165) is 31.6 Å². The van der Waals surface area contributed by atoms with E-state index in [4.69, 9.17) is 18.6 Å². The third-order valence-corrected chi connectivity index (χ3v) is 5.26. The predicted octanol–water partition coefficient (Wildman–Crippen LogP) is 3.78. The highest BCUT2D eigenvalue weighted by atomic mass is 16.6. The van der Waals surface area contributed by atoms with Gasteiger partial charge in [0.15, 0.2) is 0 Å². The number of rotatable bonds is 7. The standard InChI is InChI=1S/C21H27N3O5/c1-21(2,19-22-9-12-27-19)24-20(25)29-17-6-5-16(15-7-10-26-11-8-15)18(23-17)28-13-14-3-4-14/h5-6,9,12,14-15H,3-4,7-8,10-11,13H2,1-2H3,(H,24,25). The number of pyridine rings is 1. The minimum Gasteiger partial charge on any atom is -0.477 e. The average Bonchev–Trinajstić information content (AvgIpc) is 3.35. The molecule has 29 heavy (non-hydrogen) atoms. The molecule has 8 nitrogen and oxygen atoms in total. The van der Waals surface area contributed by atoms with Crippen LogP contribution in [0.3, 0.4) is 0 Å². The van der Waals surface area contributed by atoms with Gasteiger partial charge in [0.05, 0.1) is 12.8 Å². The first-order chi connectivity index (χ1) is 14.0. The lowest BCUT2D eigenvalue weighted by molar-refractivity contribution is 0.0844. The quantitative estimate of drug-likeness (QED) is 0.754. The zero-order valence-electron chi connectivity index (χ0n) is 16.8. The van der Waals surface area contributed by atoms with Gasteiger partial charge < -0.3 is 23.9 Å². The van der Waals surface area contributed by atoms with Crippen LogP contribution in [0.5, 0.6) is 11.8 Å². The molecule has 0 aromatic carbocycles. The molecule has 2 aromatic heterocycles. The zero-order chi connectivity index (χ0) is 20.3. The Morgan fingerprint density at radius 2 is 2.03 bits per heavy atom. The molecule has 156 valence electrons. The van der Waals surface area contributed by atoms with E-state index in [1.165, 1.54) is 25.3 Å². The van der Waals surface area contributed by atoms with Crippen LogP contribution in [0.4, 0.5) is 4.79 Å². The molecule has 1 saturated heterocycles. The first-order valence-corrected chi connectivity index (χ1v) is 10.1. The van der Waals surface area contributed by atoms with E-state index in [1.54, 1.807) is 19.9 Å². The Bertz CT molecular complexity index is 827. The normalized spacial score (nSPS) is 17.7. The Kier molecular flexibility index (Phi) is 5.71. The molecule has 4 rings (SSSR count). The molecule has 1 aliphatic heterocycles. The number of hydrogen-bond acceptors (Lipinski definition) is 7. The summed E-state index contributed by atoms with van der Waals surface area (Å²) in [6.07, 6.45) is 6.63. The fourth-order valence-corrected chi connectivity index (χ4v) is 3.37. The van der Waals surface area contributed by atoms with E-state index in [9.17, 15) is 4.79 Å². The van der Waals surface area contributed by atoms with Crippen LogP contribution in [0.2, 0.25) is 0 Å². The lowest BCUT2D eigenvalue weighted by Crippen LogP contribution is -2.42. The van der Waals surface area contributed by atoms with Gasteiger partial charge in [-0.2, -0.15) is 4.98 Å². The van der Waals surface area contributed by atoms with Crippen molar-refractivity contribution in [3.05, 3.63) is 36.0 Å². The van der Waals surface area contributed by atoms with Crippen molar-refractivity contribution in [1.29, 1.82) is 0 Å². The lowest BCUT2D eigenvalue weighted by Gasteiger charge is -2.24. The van der Waals surface area contributed by atoms with Crippen molar-refractivity contribution in [3.63, 3.8) is 0 Å². The molecule has 8 heteroatoms. The molecule has 0 atom stereocenters. The Morgan fingerprint density at radius 3 is 2.72 bits per heavy atom. The maximum atomic E-state index is 12.4. The zero-order valence-corrected chi connectivity index (χ0v) is 16.8. The molecule has 2 aliphatic rings. The second-order valence-electron chi connectivity index (χ2n) is 8.16. The van der Waals surface area contributed by atoms with Crippen LogP contribution in [0, 0.1) is 5.92 Å². The molecule has 1 saturated carbocycles. The van der Waals surface area contributed by atoms with Crippen molar-refractivity contribution in [1.82, 2.24) is 15.3 Å². The van der Waals surface area contributed by atoms with Crippen molar-refractivity contribution in [2.24, 2.45) is 5.92 Å². The first kappa shape index (κ1) is 19.7. The molecular formula is C21H27N3O5. The second-order valence-corrected chi connectivity index (χ2v) is 8.16. The topological polar surface area (TPSA) is 95.7 Å². The minimum absolute atomic E-state index is 0.201. The summed E-state index contributed by atoms with van der Waals surface area (Å²) in [5.74, 6) is 2.10. The van der Waals surface area contributed by atoms with E-state index in [-0.39, 0.29) is 5.88 Å². The monoisotopic (exact) mass is 401 g/mol. The highest BCUT2D eigenvalue weighted by Gasteiger charge is 2.29. The molecule has 2 fully saturated rings. The molecule has 1 amide bonds. The maximum Gasteiger partial charge on any atom is 0.414 e. The molecule has 1 N–H and O–H groups in total. The van der Waals surface area contributed by atoms with Gasteiger partial charge in [0.2, 0.25) is 17.7 Å². The van der Waals surface area contributed by atoms with E-state index in [1.807, 2.05) is 6.07 Å². The second kappa shape index (κ2) is 8.41. The summed E-state index contributed by atoms with van der Waals surface area (Å²) in [6.45, 7) is 5.69. The summed E-state index contributed by atoms with van der Waals surface area (Å²) >= 11 is 0. The Hall–Kier alpha value is -2.61. The molecule has 0 unspecified atom stereocenters. The van der Waals surface area contributed by atoms with Gasteiger partial charge in [0.1, 0.15) is 11.8 Å². The highest BCUT2D eigenvalue weighted by Crippen LogP contribution is 2.36. The van der Waals surface area contributed by atoms with Crippen molar-refractivity contribution < 1.29 is 23.4 Å². The van der Waals surface area contributed by atoms with Gasteiger partial charge in [0.25, 0.3) is 0 Å². The highest BCUT2D eigenvalue weighted by molar-refractivity contribution is 5.70. The van der Waals surface area contributed by atoms with Crippen LogP contribution < -0.4 is 14.8 Å². The maximum absolute atomic E-state index is 12.4. The summed E-state index contributed by atoms with van der Waals surface area (Å²) in [7, 11) is 0. The van der Waals surface area contributed by atoms with E-state index >= 15 is 0 Å². The Balaban J connectivity index is 1.46. The smallest absolute Gasteiger partial charge is 0.414 e. The minimum atomic E-state index is -0.812. The van der Waals surface area contributed by atoms with Gasteiger partial charge in [-0.25, -0.2) is 9.78 Å². The Morgan fingerprint density at radius 1 is 1.24 bits per heavy atom. The van der Waals surface area contributed by atoms with Crippen molar-refractivity contribution in [2.75, 3.05) is 19.8 Å². The first-order valence-electron chi connectivity index (χ1n) is 10.1. The third-order valence-electron chi connectivity index (χ3n) is 5.26. The fraction of sp³-hybridized carbons (Fsp3) is 0.571. The average molecular weight is 401 g/mol. The number of nitrogens with zero attached hydrogens (tertiary/aromatic N) is 2. The van der Waals surface area contributed by atoms with Crippen molar-refractivity contribution in [3.8, 4) is 11.8 Å². The SMILES string of the molecule is CC(C)(NC(=O)Oc1ccc(C2CCOCC2)c(OCC2CC2)n1)c1ncco1. The van der Waals surface area contributed by atoms with Crippen LogP contribution >= 0.6 is 0 Å². The molecule has 0 spiro atoms. The van der Waals surface area contributed by atoms with E-state index in [0.29, 0.717) is 30.2 Å². The summed E-state index contributed by atoms with van der Waals surface area (Å²) in [5, 5.41) is 2.75. The third kappa shape index (κ3) is 5.06. The predicted molar refractivity (Wildman–Crippen MR) is 104 cm³/mol. The van der Waals surface area contributed by atoms with Gasteiger partial charge >= 0.3 is 6.09 Å². The summed E-state index contributed by atoms with van der Waals surface area (Å²) in [6, 6.07) is 3.67. The van der Waals surface area contributed by atoms with Gasteiger partial charge in [0, 0.05) is 24.8 Å². The largest absolute Gasteiger partial charge is 0.477 e. The number of carbonyl (C=O) groups is 1. The molecule has 0 bridgehead atoms. The van der Waals surface area contributed by atoms with Crippen LogP contribution in [-0.4, -0.2) is 35.9 Å². The van der Waals surface area contributed by atoms with Gasteiger partial charge in [-0.15, -0.1) is 0 Å². The van der Waals surface area contributed by atoms with Crippen LogP contribution in [0.15, 0.2) is 29.0 Å². The van der Waals surface area contributed by atoms with Crippen LogP contribution in [0.1, 0.15) is 56.9 Å². The van der Waals surface area contributed by atoms with Crippen LogP contribution in [0.25, 0.3) is 0 Å². The number of amides is 1. The van der Waals surface area contributed by atoms with Gasteiger partial charge in [-0.05, 0) is 57.4 Å². The van der Waals surface area contributed by atoms with E-state index < -0.39 is 11.6 Å². The Labute approximate surface area is 170 Å². The number of carbonyl (C=O) groups excluding carboxylic acids is 1. The summed E-state index contributed by atoms with van der Waals surface area (Å²) in [5.41, 5.74) is 0.246. The summed E-state index contributed by atoms with van der Waals surface area (Å²) in [4.78, 5) is 21.0. The summed E-state index contributed by atoms with van der Waals surface area (Å²) < 4.78 is 22.2.